The molecule has 16 heavy (non-hydrogen) atoms. The molecule has 1 aliphatic heterocycles. The predicted octanol–water partition coefficient (Wildman–Crippen LogP) is -0.321. The molecular weight excluding hydrogens is 244 g/mol. The van der Waals surface area contributed by atoms with Gasteiger partial charge in [0.1, 0.15) is 16.5 Å². The fraction of sp³-hybridized carbons (Fsp3) is 0.444. The Labute approximate surface area is 102 Å². The number of rotatable bonds is 2. The maximum atomic E-state index is 11.2. The lowest BCUT2D eigenvalue weighted by molar-refractivity contribution is 0.672. The Hall–Kier alpha value is -1.08. The van der Waals surface area contributed by atoms with Gasteiger partial charge in [0, 0.05) is 35.4 Å². The fourth-order valence-electron chi connectivity index (χ4n) is 1.48. The molecule has 0 amide bonds. The Kier molecular flexibility index (Phi) is 3.45. The number of aromatic nitrogens is 2. The lowest BCUT2D eigenvalue weighted by Crippen LogP contribution is -2.38. The average Bonchev–Trinajstić information content (AvgIpc) is 2.30. The third-order valence-corrected chi connectivity index (χ3v) is 3.88. The summed E-state index contributed by atoms with van der Waals surface area (Å²) in [7, 11) is -0.677. The van der Waals surface area contributed by atoms with E-state index in [4.69, 9.17) is 18.0 Å². The van der Waals surface area contributed by atoms with E-state index in [1.54, 1.807) is 12.4 Å². The molecule has 0 aromatic carbocycles. The average molecular weight is 256 g/mol. The van der Waals surface area contributed by atoms with Crippen LogP contribution < -0.4 is 10.6 Å². The maximum Gasteiger partial charge on any atom is 0.147 e. The van der Waals surface area contributed by atoms with Gasteiger partial charge in [0.05, 0.1) is 12.4 Å². The molecule has 0 spiro atoms. The molecule has 5 nitrogen and oxygen atoms in total. The summed E-state index contributed by atoms with van der Waals surface area (Å²) in [5.41, 5.74) is 5.96. The highest BCUT2D eigenvalue weighted by molar-refractivity contribution is 7.85. The first-order chi connectivity index (χ1) is 7.66. The van der Waals surface area contributed by atoms with Crippen molar-refractivity contribution in [2.45, 2.75) is 0 Å². The van der Waals surface area contributed by atoms with E-state index in [9.17, 15) is 4.21 Å². The normalized spacial score (nSPS) is 17.4. The lowest BCUT2D eigenvalue weighted by Gasteiger charge is -2.26. The Morgan fingerprint density at radius 1 is 1.38 bits per heavy atom. The summed E-state index contributed by atoms with van der Waals surface area (Å²) >= 11 is 4.80. The molecule has 2 rings (SSSR count). The standard InChI is InChI=1S/C9H12N4OS2/c10-9(15)7-5-12-8(6-11-7)13-1-3-16(14)4-2-13/h5-6H,1-4H2,(H2,10,15). The Bertz CT molecular complexity index is 410. The lowest BCUT2D eigenvalue weighted by atomic mass is 10.4. The van der Waals surface area contributed by atoms with Crippen molar-refractivity contribution in [2.24, 2.45) is 5.73 Å². The van der Waals surface area contributed by atoms with Crippen molar-refractivity contribution < 1.29 is 4.21 Å². The number of thiocarbonyl (C=S) groups is 1. The highest BCUT2D eigenvalue weighted by atomic mass is 32.2. The molecule has 1 aromatic rings. The van der Waals surface area contributed by atoms with Crippen molar-refractivity contribution >= 4 is 33.8 Å². The van der Waals surface area contributed by atoms with Crippen molar-refractivity contribution in [3.63, 3.8) is 0 Å². The van der Waals surface area contributed by atoms with E-state index < -0.39 is 10.8 Å². The monoisotopic (exact) mass is 256 g/mol. The van der Waals surface area contributed by atoms with E-state index in [1.165, 1.54) is 0 Å². The molecule has 0 unspecified atom stereocenters. The van der Waals surface area contributed by atoms with Crippen molar-refractivity contribution in [3.8, 4) is 0 Å². The first-order valence-electron chi connectivity index (χ1n) is 4.88. The zero-order chi connectivity index (χ0) is 11.5. The zero-order valence-electron chi connectivity index (χ0n) is 8.63. The Morgan fingerprint density at radius 2 is 2.06 bits per heavy atom. The van der Waals surface area contributed by atoms with E-state index >= 15 is 0 Å². The number of hydrogen-bond acceptors (Lipinski definition) is 5. The molecule has 86 valence electrons. The molecule has 1 aliphatic rings. The minimum absolute atomic E-state index is 0.249. The number of nitrogens with two attached hydrogens (primary N) is 1. The van der Waals surface area contributed by atoms with E-state index in [-0.39, 0.29) is 4.99 Å². The SMILES string of the molecule is NC(=S)c1cnc(N2CCS(=O)CC2)cn1. The zero-order valence-corrected chi connectivity index (χ0v) is 10.3. The summed E-state index contributed by atoms with van der Waals surface area (Å²) in [5.74, 6) is 2.17. The minimum Gasteiger partial charge on any atom is -0.388 e. The Morgan fingerprint density at radius 3 is 2.56 bits per heavy atom. The van der Waals surface area contributed by atoms with Crippen LogP contribution in [-0.2, 0) is 10.8 Å². The molecule has 0 atom stereocenters. The van der Waals surface area contributed by atoms with Gasteiger partial charge in [-0.25, -0.2) is 9.97 Å². The largest absolute Gasteiger partial charge is 0.388 e. The van der Waals surface area contributed by atoms with Crippen molar-refractivity contribution in [2.75, 3.05) is 29.5 Å². The van der Waals surface area contributed by atoms with E-state index in [1.807, 2.05) is 0 Å². The Balaban J connectivity index is 2.10. The van der Waals surface area contributed by atoms with Crippen molar-refractivity contribution in [1.29, 1.82) is 0 Å². The van der Waals surface area contributed by atoms with Crippen LogP contribution in [0.15, 0.2) is 12.4 Å². The molecule has 1 saturated heterocycles. The van der Waals surface area contributed by atoms with Gasteiger partial charge in [-0.15, -0.1) is 0 Å². The van der Waals surface area contributed by atoms with Gasteiger partial charge < -0.3 is 10.6 Å². The first-order valence-corrected chi connectivity index (χ1v) is 6.78. The van der Waals surface area contributed by atoms with Gasteiger partial charge >= 0.3 is 0 Å². The first kappa shape index (κ1) is 11.4. The van der Waals surface area contributed by atoms with Gasteiger partial charge in [-0.2, -0.15) is 0 Å². The summed E-state index contributed by atoms with van der Waals surface area (Å²) < 4.78 is 11.2. The van der Waals surface area contributed by atoms with Crippen LogP contribution in [0.1, 0.15) is 5.69 Å². The topological polar surface area (TPSA) is 72.1 Å². The molecule has 7 heteroatoms. The molecular formula is C9H12N4OS2. The van der Waals surface area contributed by atoms with Gasteiger partial charge in [-0.05, 0) is 0 Å². The molecule has 1 fully saturated rings. The summed E-state index contributed by atoms with van der Waals surface area (Å²) in [5, 5.41) is 0. The highest BCUT2D eigenvalue weighted by Crippen LogP contribution is 2.11. The van der Waals surface area contributed by atoms with Crippen molar-refractivity contribution in [1.82, 2.24) is 9.97 Å². The minimum atomic E-state index is -0.677. The van der Waals surface area contributed by atoms with Crippen LogP contribution in [-0.4, -0.2) is 43.8 Å². The van der Waals surface area contributed by atoms with Crippen LogP contribution in [0.2, 0.25) is 0 Å². The van der Waals surface area contributed by atoms with Gasteiger partial charge in [-0.3, -0.25) is 4.21 Å². The van der Waals surface area contributed by atoms with Gasteiger partial charge in [0.2, 0.25) is 0 Å². The summed E-state index contributed by atoms with van der Waals surface area (Å²) in [6.07, 6.45) is 3.23. The number of anilines is 1. The molecule has 1 aromatic heterocycles. The van der Waals surface area contributed by atoms with Crippen LogP contribution >= 0.6 is 12.2 Å². The fourth-order valence-corrected chi connectivity index (χ4v) is 2.64. The van der Waals surface area contributed by atoms with Gasteiger partial charge in [0.15, 0.2) is 0 Å². The summed E-state index contributed by atoms with van der Waals surface area (Å²) in [6.45, 7) is 1.52. The van der Waals surface area contributed by atoms with Gasteiger partial charge in [-0.1, -0.05) is 12.2 Å². The highest BCUT2D eigenvalue weighted by Gasteiger charge is 2.16. The predicted molar refractivity (Wildman–Crippen MR) is 68.0 cm³/mol. The van der Waals surface area contributed by atoms with Crippen LogP contribution in [0.4, 0.5) is 5.82 Å². The second-order valence-corrected chi connectivity index (χ2v) is 5.60. The second-order valence-electron chi connectivity index (χ2n) is 3.46. The molecule has 2 heterocycles. The molecule has 2 N–H and O–H groups in total. The molecule has 0 radical (unpaired) electrons. The number of nitrogens with zero attached hydrogens (tertiary/aromatic N) is 3. The third kappa shape index (κ3) is 2.53. The van der Waals surface area contributed by atoms with Crippen LogP contribution in [0.25, 0.3) is 0 Å². The smallest absolute Gasteiger partial charge is 0.147 e. The molecule has 0 bridgehead atoms. The molecule has 0 saturated carbocycles. The van der Waals surface area contributed by atoms with E-state index in [0.717, 1.165) is 18.9 Å². The molecule has 0 aliphatic carbocycles. The third-order valence-electron chi connectivity index (χ3n) is 2.39. The maximum absolute atomic E-state index is 11.2. The van der Waals surface area contributed by atoms with Crippen LogP contribution in [0.5, 0.6) is 0 Å². The quantitative estimate of drug-likeness (QED) is 0.731. The van der Waals surface area contributed by atoms with Crippen molar-refractivity contribution in [3.05, 3.63) is 18.1 Å². The van der Waals surface area contributed by atoms with Crippen LogP contribution in [0.3, 0.4) is 0 Å². The summed E-state index contributed by atoms with van der Waals surface area (Å²) in [6, 6.07) is 0. The van der Waals surface area contributed by atoms with Crippen LogP contribution in [0, 0.1) is 0 Å². The second kappa shape index (κ2) is 4.84. The number of hydrogen-bond donors (Lipinski definition) is 1. The summed E-state index contributed by atoms with van der Waals surface area (Å²) in [4.78, 5) is 10.7. The van der Waals surface area contributed by atoms with E-state index in [2.05, 4.69) is 14.9 Å². The van der Waals surface area contributed by atoms with Gasteiger partial charge in [0.25, 0.3) is 0 Å². The van der Waals surface area contributed by atoms with E-state index in [0.29, 0.717) is 17.2 Å².